The first-order chi connectivity index (χ1) is 7.99. The molecule has 2 N–H and O–H groups in total. The van der Waals surface area contributed by atoms with Crippen molar-refractivity contribution >= 4 is 10.9 Å². The van der Waals surface area contributed by atoms with Crippen molar-refractivity contribution in [1.82, 2.24) is 4.98 Å². The smallest absolute Gasteiger partial charge is 0.196 e. The molecule has 0 aliphatic carbocycles. The molecule has 1 aromatic heterocycles. The van der Waals surface area contributed by atoms with Crippen LogP contribution in [-0.2, 0) is 6.42 Å². The van der Waals surface area contributed by atoms with Gasteiger partial charge in [0.2, 0.25) is 0 Å². The minimum absolute atomic E-state index is 0.131. The van der Waals surface area contributed by atoms with Crippen LogP contribution in [-0.4, -0.2) is 11.0 Å². The molecule has 90 valence electrons. The number of nitrogens with two attached hydrogens (primary N) is 1. The molecule has 17 heavy (non-hydrogen) atoms. The van der Waals surface area contributed by atoms with Crippen LogP contribution in [0, 0.1) is 17.5 Å². The zero-order valence-corrected chi connectivity index (χ0v) is 9.17. The van der Waals surface area contributed by atoms with E-state index >= 15 is 0 Å². The SMILES string of the molecule is CC(N)Cc1ccc2cc(F)c(F)c(F)c2n1. The summed E-state index contributed by atoms with van der Waals surface area (Å²) < 4.78 is 39.5. The molecule has 0 fully saturated rings. The van der Waals surface area contributed by atoms with Crippen molar-refractivity contribution in [3.8, 4) is 0 Å². The van der Waals surface area contributed by atoms with E-state index in [2.05, 4.69) is 4.98 Å². The highest BCUT2D eigenvalue weighted by Gasteiger charge is 2.15. The first kappa shape index (κ1) is 11.9. The zero-order valence-electron chi connectivity index (χ0n) is 9.17. The van der Waals surface area contributed by atoms with Gasteiger partial charge in [0.15, 0.2) is 17.5 Å². The summed E-state index contributed by atoms with van der Waals surface area (Å²) >= 11 is 0. The summed E-state index contributed by atoms with van der Waals surface area (Å²) in [5.41, 5.74) is 5.98. The van der Waals surface area contributed by atoms with Crippen LogP contribution in [0.2, 0.25) is 0 Å². The molecule has 0 spiro atoms. The number of benzene rings is 1. The highest BCUT2D eigenvalue weighted by atomic mass is 19.2. The second-order valence-electron chi connectivity index (χ2n) is 4.04. The Hall–Kier alpha value is -1.62. The zero-order chi connectivity index (χ0) is 12.6. The second-order valence-corrected chi connectivity index (χ2v) is 4.04. The molecular weight excluding hydrogens is 229 g/mol. The summed E-state index contributed by atoms with van der Waals surface area (Å²) in [5.74, 6) is -3.97. The van der Waals surface area contributed by atoms with Gasteiger partial charge in [0.1, 0.15) is 5.52 Å². The maximum absolute atomic E-state index is 13.5. The fraction of sp³-hybridized carbons (Fsp3) is 0.250. The van der Waals surface area contributed by atoms with Gasteiger partial charge in [0.05, 0.1) is 0 Å². The third kappa shape index (κ3) is 2.24. The van der Waals surface area contributed by atoms with E-state index in [-0.39, 0.29) is 16.9 Å². The summed E-state index contributed by atoms with van der Waals surface area (Å²) in [5, 5.41) is 0.231. The van der Waals surface area contributed by atoms with Crippen molar-refractivity contribution in [2.45, 2.75) is 19.4 Å². The number of hydrogen-bond donors (Lipinski definition) is 1. The van der Waals surface area contributed by atoms with Gasteiger partial charge in [-0.15, -0.1) is 0 Å². The van der Waals surface area contributed by atoms with Gasteiger partial charge in [-0.2, -0.15) is 0 Å². The van der Waals surface area contributed by atoms with Crippen LogP contribution >= 0.6 is 0 Å². The number of halogens is 3. The fourth-order valence-electron chi connectivity index (χ4n) is 1.65. The van der Waals surface area contributed by atoms with Gasteiger partial charge in [-0.05, 0) is 19.1 Å². The Labute approximate surface area is 96.3 Å². The average molecular weight is 240 g/mol. The van der Waals surface area contributed by atoms with E-state index in [1.54, 1.807) is 13.0 Å². The van der Waals surface area contributed by atoms with Crippen LogP contribution in [0.1, 0.15) is 12.6 Å². The molecule has 0 amide bonds. The van der Waals surface area contributed by atoms with Crippen LogP contribution in [0.5, 0.6) is 0 Å². The van der Waals surface area contributed by atoms with Crippen molar-refractivity contribution in [3.05, 3.63) is 41.3 Å². The lowest BCUT2D eigenvalue weighted by atomic mass is 10.1. The maximum atomic E-state index is 13.5. The van der Waals surface area contributed by atoms with Crippen molar-refractivity contribution in [1.29, 1.82) is 0 Å². The maximum Gasteiger partial charge on any atom is 0.196 e. The number of hydrogen-bond acceptors (Lipinski definition) is 2. The second kappa shape index (κ2) is 4.33. The van der Waals surface area contributed by atoms with Crippen molar-refractivity contribution < 1.29 is 13.2 Å². The monoisotopic (exact) mass is 240 g/mol. The molecule has 0 bridgehead atoms. The minimum Gasteiger partial charge on any atom is -0.328 e. The highest BCUT2D eigenvalue weighted by molar-refractivity contribution is 5.79. The molecule has 5 heteroatoms. The van der Waals surface area contributed by atoms with Gasteiger partial charge >= 0.3 is 0 Å². The van der Waals surface area contributed by atoms with Crippen molar-refractivity contribution in [3.63, 3.8) is 0 Å². The van der Waals surface area contributed by atoms with Gasteiger partial charge in [0, 0.05) is 23.5 Å². The first-order valence-corrected chi connectivity index (χ1v) is 5.17. The normalized spacial score (nSPS) is 13.0. The number of rotatable bonds is 2. The Kier molecular flexibility index (Phi) is 3.02. The molecule has 0 saturated heterocycles. The number of pyridine rings is 1. The molecule has 2 nitrogen and oxygen atoms in total. The Morgan fingerprint density at radius 2 is 1.94 bits per heavy atom. The summed E-state index contributed by atoms with van der Waals surface area (Å²) in [7, 11) is 0. The Morgan fingerprint density at radius 3 is 2.59 bits per heavy atom. The van der Waals surface area contributed by atoms with Gasteiger partial charge < -0.3 is 5.73 Å². The molecule has 2 aromatic rings. The van der Waals surface area contributed by atoms with E-state index in [9.17, 15) is 13.2 Å². The minimum atomic E-state index is -1.50. The Balaban J connectivity index is 2.60. The quantitative estimate of drug-likeness (QED) is 0.819. The number of aromatic nitrogens is 1. The predicted molar refractivity (Wildman–Crippen MR) is 59.0 cm³/mol. The molecule has 1 heterocycles. The molecule has 2 rings (SSSR count). The van der Waals surface area contributed by atoms with E-state index in [1.165, 1.54) is 6.07 Å². The molecule has 0 aliphatic heterocycles. The molecule has 0 radical (unpaired) electrons. The summed E-state index contributed by atoms with van der Waals surface area (Å²) in [4.78, 5) is 3.96. The highest BCUT2D eigenvalue weighted by Crippen LogP contribution is 2.21. The number of fused-ring (bicyclic) bond motifs is 1. The van der Waals surface area contributed by atoms with Crippen LogP contribution in [0.15, 0.2) is 18.2 Å². The van der Waals surface area contributed by atoms with Crippen molar-refractivity contribution in [2.24, 2.45) is 5.73 Å². The molecule has 1 atom stereocenters. The lowest BCUT2D eigenvalue weighted by Crippen LogP contribution is -2.18. The third-order valence-corrected chi connectivity index (χ3v) is 2.41. The lowest BCUT2D eigenvalue weighted by molar-refractivity contribution is 0.452. The molecule has 0 aliphatic rings. The van der Waals surface area contributed by atoms with Crippen LogP contribution in [0.3, 0.4) is 0 Å². The van der Waals surface area contributed by atoms with E-state index in [4.69, 9.17) is 5.73 Å². The molecule has 1 aromatic carbocycles. The Bertz CT molecular complexity index is 567. The van der Waals surface area contributed by atoms with E-state index in [1.807, 2.05) is 0 Å². The summed E-state index contributed by atoms with van der Waals surface area (Å²) in [6.07, 6.45) is 0.453. The standard InChI is InChI=1S/C12H11F3N2/c1-6(16)4-8-3-2-7-5-9(13)10(14)11(15)12(7)17-8/h2-3,5-6H,4,16H2,1H3. The third-order valence-electron chi connectivity index (χ3n) is 2.41. The Morgan fingerprint density at radius 1 is 1.24 bits per heavy atom. The largest absolute Gasteiger partial charge is 0.328 e. The molecule has 0 saturated carbocycles. The van der Waals surface area contributed by atoms with Crippen LogP contribution < -0.4 is 5.73 Å². The number of nitrogens with zero attached hydrogens (tertiary/aromatic N) is 1. The predicted octanol–water partition coefficient (Wildman–Crippen LogP) is 2.54. The fourth-order valence-corrected chi connectivity index (χ4v) is 1.65. The van der Waals surface area contributed by atoms with Gasteiger partial charge in [-0.1, -0.05) is 6.07 Å². The first-order valence-electron chi connectivity index (χ1n) is 5.17. The van der Waals surface area contributed by atoms with Crippen molar-refractivity contribution in [2.75, 3.05) is 0 Å². The average Bonchev–Trinajstić information content (AvgIpc) is 2.26. The van der Waals surface area contributed by atoms with Gasteiger partial charge in [-0.25, -0.2) is 18.2 Å². The molecular formula is C12H11F3N2. The van der Waals surface area contributed by atoms with Crippen LogP contribution in [0.25, 0.3) is 10.9 Å². The molecule has 1 unspecified atom stereocenters. The van der Waals surface area contributed by atoms with Gasteiger partial charge in [0.25, 0.3) is 0 Å². The van der Waals surface area contributed by atoms with E-state index in [0.29, 0.717) is 12.1 Å². The van der Waals surface area contributed by atoms with Crippen LogP contribution in [0.4, 0.5) is 13.2 Å². The summed E-state index contributed by atoms with van der Waals surface area (Å²) in [6.45, 7) is 1.79. The topological polar surface area (TPSA) is 38.9 Å². The van der Waals surface area contributed by atoms with Gasteiger partial charge in [-0.3, -0.25) is 0 Å². The lowest BCUT2D eigenvalue weighted by Gasteiger charge is -2.07. The summed E-state index contributed by atoms with van der Waals surface area (Å²) in [6, 6.07) is 3.93. The van der Waals surface area contributed by atoms with E-state index in [0.717, 1.165) is 6.07 Å². The van der Waals surface area contributed by atoms with E-state index < -0.39 is 17.5 Å².